The summed E-state index contributed by atoms with van der Waals surface area (Å²) in [5.74, 6) is 0.645. The SMILES string of the molecule is CC(C)C(N)=NC(C)c1ccc(F)cc1. The second-order valence-electron chi connectivity index (χ2n) is 3.94. The van der Waals surface area contributed by atoms with Crippen molar-refractivity contribution in [3.05, 3.63) is 35.6 Å². The van der Waals surface area contributed by atoms with Crippen LogP contribution in [0, 0.1) is 11.7 Å². The van der Waals surface area contributed by atoms with E-state index >= 15 is 0 Å². The Hall–Kier alpha value is -1.38. The molecule has 82 valence electrons. The van der Waals surface area contributed by atoms with Gasteiger partial charge >= 0.3 is 0 Å². The van der Waals surface area contributed by atoms with Crippen LogP contribution in [0.3, 0.4) is 0 Å². The van der Waals surface area contributed by atoms with Crippen molar-refractivity contribution in [3.8, 4) is 0 Å². The summed E-state index contributed by atoms with van der Waals surface area (Å²) in [4.78, 5) is 4.35. The molecule has 2 N–H and O–H groups in total. The number of hydrogen-bond donors (Lipinski definition) is 1. The molecule has 0 aliphatic carbocycles. The van der Waals surface area contributed by atoms with Gasteiger partial charge in [-0.3, -0.25) is 4.99 Å². The normalized spacial score (nSPS) is 14.3. The van der Waals surface area contributed by atoms with Gasteiger partial charge in [0.1, 0.15) is 5.82 Å². The largest absolute Gasteiger partial charge is 0.387 e. The van der Waals surface area contributed by atoms with Gasteiger partial charge in [-0.2, -0.15) is 0 Å². The summed E-state index contributed by atoms with van der Waals surface area (Å²) in [6.07, 6.45) is 0. The fourth-order valence-electron chi connectivity index (χ4n) is 1.19. The van der Waals surface area contributed by atoms with Crippen LogP contribution in [0.5, 0.6) is 0 Å². The van der Waals surface area contributed by atoms with Crippen LogP contribution in [0.2, 0.25) is 0 Å². The van der Waals surface area contributed by atoms with Gasteiger partial charge in [-0.25, -0.2) is 4.39 Å². The van der Waals surface area contributed by atoms with Gasteiger partial charge in [0, 0.05) is 5.92 Å². The summed E-state index contributed by atoms with van der Waals surface area (Å²) in [7, 11) is 0. The monoisotopic (exact) mass is 208 g/mol. The van der Waals surface area contributed by atoms with Gasteiger partial charge in [-0.1, -0.05) is 26.0 Å². The molecular formula is C12H17FN2. The second-order valence-corrected chi connectivity index (χ2v) is 3.94. The first-order valence-electron chi connectivity index (χ1n) is 5.09. The predicted octanol–water partition coefficient (Wildman–Crippen LogP) is 2.90. The van der Waals surface area contributed by atoms with Crippen LogP contribution in [-0.2, 0) is 0 Å². The van der Waals surface area contributed by atoms with Crippen LogP contribution in [0.1, 0.15) is 32.4 Å². The molecule has 0 heterocycles. The average molecular weight is 208 g/mol. The lowest BCUT2D eigenvalue weighted by molar-refractivity contribution is 0.626. The van der Waals surface area contributed by atoms with E-state index in [-0.39, 0.29) is 17.8 Å². The van der Waals surface area contributed by atoms with Crippen LogP contribution < -0.4 is 5.73 Å². The van der Waals surface area contributed by atoms with Crippen LogP contribution in [0.15, 0.2) is 29.3 Å². The van der Waals surface area contributed by atoms with Gasteiger partial charge in [0.2, 0.25) is 0 Å². The molecule has 1 atom stereocenters. The van der Waals surface area contributed by atoms with Crippen molar-refractivity contribution in [3.63, 3.8) is 0 Å². The summed E-state index contributed by atoms with van der Waals surface area (Å²) in [5.41, 5.74) is 6.73. The first kappa shape index (κ1) is 11.7. The van der Waals surface area contributed by atoms with Gasteiger partial charge in [-0.15, -0.1) is 0 Å². The third-order valence-corrected chi connectivity index (χ3v) is 2.29. The predicted molar refractivity (Wildman–Crippen MR) is 61.3 cm³/mol. The Morgan fingerprint density at radius 2 is 1.73 bits per heavy atom. The third kappa shape index (κ3) is 3.35. The summed E-state index contributed by atoms with van der Waals surface area (Å²) in [5, 5.41) is 0. The summed E-state index contributed by atoms with van der Waals surface area (Å²) in [6, 6.07) is 6.32. The number of amidine groups is 1. The molecule has 0 fully saturated rings. The molecule has 0 aromatic heterocycles. The number of halogens is 1. The molecule has 0 saturated carbocycles. The fourth-order valence-corrected chi connectivity index (χ4v) is 1.19. The molecule has 0 aliphatic heterocycles. The van der Waals surface area contributed by atoms with Crippen molar-refractivity contribution in [2.75, 3.05) is 0 Å². The lowest BCUT2D eigenvalue weighted by Crippen LogP contribution is -2.19. The highest BCUT2D eigenvalue weighted by Gasteiger charge is 2.06. The molecule has 1 aromatic rings. The number of aliphatic imine (C=N–C) groups is 1. The van der Waals surface area contributed by atoms with Gasteiger partial charge in [-0.05, 0) is 24.6 Å². The summed E-state index contributed by atoms with van der Waals surface area (Å²) in [6.45, 7) is 5.94. The maximum absolute atomic E-state index is 12.7. The highest BCUT2D eigenvalue weighted by molar-refractivity contribution is 5.82. The molecule has 3 heteroatoms. The second kappa shape index (κ2) is 4.91. The minimum absolute atomic E-state index is 0.0204. The number of nitrogens with zero attached hydrogens (tertiary/aromatic N) is 1. The maximum Gasteiger partial charge on any atom is 0.123 e. The van der Waals surface area contributed by atoms with Crippen LogP contribution in [0.25, 0.3) is 0 Å². The van der Waals surface area contributed by atoms with E-state index < -0.39 is 0 Å². The summed E-state index contributed by atoms with van der Waals surface area (Å²) < 4.78 is 12.7. The Balaban J connectivity index is 2.81. The van der Waals surface area contributed by atoms with E-state index in [0.29, 0.717) is 5.84 Å². The lowest BCUT2D eigenvalue weighted by atomic mass is 10.1. The van der Waals surface area contributed by atoms with Crippen molar-refractivity contribution in [1.82, 2.24) is 0 Å². The summed E-state index contributed by atoms with van der Waals surface area (Å²) >= 11 is 0. The molecule has 0 bridgehead atoms. The lowest BCUT2D eigenvalue weighted by Gasteiger charge is -2.10. The zero-order valence-electron chi connectivity index (χ0n) is 9.37. The fraction of sp³-hybridized carbons (Fsp3) is 0.417. The quantitative estimate of drug-likeness (QED) is 0.602. The van der Waals surface area contributed by atoms with Crippen molar-refractivity contribution in [2.45, 2.75) is 26.8 Å². The number of rotatable bonds is 3. The molecular weight excluding hydrogens is 191 g/mol. The maximum atomic E-state index is 12.7. The topological polar surface area (TPSA) is 38.4 Å². The van der Waals surface area contributed by atoms with E-state index in [1.54, 1.807) is 12.1 Å². The smallest absolute Gasteiger partial charge is 0.123 e. The van der Waals surface area contributed by atoms with Crippen LogP contribution in [-0.4, -0.2) is 5.84 Å². The first-order chi connectivity index (χ1) is 7.00. The third-order valence-electron chi connectivity index (χ3n) is 2.29. The van der Waals surface area contributed by atoms with Crippen molar-refractivity contribution in [1.29, 1.82) is 0 Å². The molecule has 1 rings (SSSR count). The Kier molecular flexibility index (Phi) is 3.83. The highest BCUT2D eigenvalue weighted by atomic mass is 19.1. The zero-order valence-corrected chi connectivity index (χ0v) is 9.37. The first-order valence-corrected chi connectivity index (χ1v) is 5.09. The van der Waals surface area contributed by atoms with E-state index in [4.69, 9.17) is 5.73 Å². The molecule has 0 amide bonds. The van der Waals surface area contributed by atoms with E-state index in [1.165, 1.54) is 12.1 Å². The molecule has 0 spiro atoms. The standard InChI is InChI=1S/C12H17FN2/c1-8(2)12(14)15-9(3)10-4-6-11(13)7-5-10/h4-9H,1-3H3,(H2,14,15). The Morgan fingerprint density at radius 1 is 1.20 bits per heavy atom. The molecule has 0 aliphatic rings. The van der Waals surface area contributed by atoms with Crippen LogP contribution in [0.4, 0.5) is 4.39 Å². The van der Waals surface area contributed by atoms with Crippen molar-refractivity contribution >= 4 is 5.84 Å². The van der Waals surface area contributed by atoms with Gasteiger partial charge in [0.25, 0.3) is 0 Å². The van der Waals surface area contributed by atoms with Crippen molar-refractivity contribution < 1.29 is 4.39 Å². The van der Waals surface area contributed by atoms with E-state index in [1.807, 2.05) is 20.8 Å². The Morgan fingerprint density at radius 3 is 2.20 bits per heavy atom. The highest BCUT2D eigenvalue weighted by Crippen LogP contribution is 2.17. The van der Waals surface area contributed by atoms with Gasteiger partial charge in [0.15, 0.2) is 0 Å². The molecule has 0 saturated heterocycles. The number of benzene rings is 1. The Labute approximate surface area is 90.0 Å². The Bertz CT molecular complexity index is 341. The zero-order chi connectivity index (χ0) is 11.4. The van der Waals surface area contributed by atoms with Crippen LogP contribution >= 0.6 is 0 Å². The van der Waals surface area contributed by atoms with E-state index in [9.17, 15) is 4.39 Å². The van der Waals surface area contributed by atoms with E-state index in [0.717, 1.165) is 5.56 Å². The number of hydrogen-bond acceptors (Lipinski definition) is 1. The minimum Gasteiger partial charge on any atom is -0.387 e. The number of nitrogens with two attached hydrogens (primary N) is 1. The minimum atomic E-state index is -0.230. The van der Waals surface area contributed by atoms with Gasteiger partial charge < -0.3 is 5.73 Å². The molecule has 2 nitrogen and oxygen atoms in total. The molecule has 0 radical (unpaired) electrons. The molecule has 15 heavy (non-hydrogen) atoms. The molecule has 1 unspecified atom stereocenters. The van der Waals surface area contributed by atoms with Crippen molar-refractivity contribution in [2.24, 2.45) is 16.6 Å². The van der Waals surface area contributed by atoms with Gasteiger partial charge in [0.05, 0.1) is 11.9 Å². The average Bonchev–Trinajstić information content (AvgIpc) is 2.18. The van der Waals surface area contributed by atoms with E-state index in [2.05, 4.69) is 4.99 Å². The molecule has 1 aromatic carbocycles.